The molecule has 0 bridgehead atoms. The van der Waals surface area contributed by atoms with Crippen LogP contribution < -0.4 is 15.1 Å². The smallest absolute Gasteiger partial charge is 0.288 e. The molecule has 0 aromatic carbocycles. The van der Waals surface area contributed by atoms with Gasteiger partial charge in [-0.05, 0) is 0 Å². The number of hydrogen-bond acceptors (Lipinski definition) is 4. The Kier molecular flexibility index (Phi) is 3.07. The van der Waals surface area contributed by atoms with Gasteiger partial charge in [-0.15, -0.1) is 11.6 Å². The lowest BCUT2D eigenvalue weighted by molar-refractivity contribution is -0.753. The van der Waals surface area contributed by atoms with E-state index in [1.54, 1.807) is 19.1 Å². The van der Waals surface area contributed by atoms with Crippen LogP contribution in [0.15, 0.2) is 10.7 Å². The Balaban J connectivity index is 2.64. The molecule has 0 saturated carbocycles. The Labute approximate surface area is 80.0 Å². The molecule has 6 nitrogen and oxygen atoms in total. The van der Waals surface area contributed by atoms with Gasteiger partial charge in [-0.25, -0.2) is 0 Å². The van der Waals surface area contributed by atoms with E-state index in [1.807, 2.05) is 0 Å². The highest BCUT2D eigenvalue weighted by Crippen LogP contribution is 1.99. The first-order chi connectivity index (χ1) is 6.13. The number of carbonyl (C=O) groups excluding carboxylic acids is 1. The van der Waals surface area contributed by atoms with Crippen LogP contribution in [-0.4, -0.2) is 31.2 Å². The second-order valence-corrected chi connectivity index (χ2v) is 2.78. The number of amides is 1. The van der Waals surface area contributed by atoms with E-state index in [-0.39, 0.29) is 17.7 Å². The van der Waals surface area contributed by atoms with Crippen LogP contribution in [0.4, 0.5) is 5.88 Å². The quantitative estimate of drug-likeness (QED) is 0.526. The molecule has 0 fully saturated rings. The van der Waals surface area contributed by atoms with Crippen LogP contribution in [0.1, 0.15) is 0 Å². The molecule has 1 aromatic heterocycles. The minimum Gasteiger partial charge on any atom is -0.288 e. The van der Waals surface area contributed by atoms with Gasteiger partial charge in [0.05, 0.1) is 18.9 Å². The monoisotopic (exact) mass is 205 g/mol. The van der Waals surface area contributed by atoms with Gasteiger partial charge in [-0.2, -0.15) is 5.01 Å². The highest BCUT2D eigenvalue weighted by atomic mass is 35.5. The molecule has 1 heterocycles. The lowest BCUT2D eigenvalue weighted by Gasteiger charge is -1.94. The minimum absolute atomic E-state index is 0.108. The maximum atomic E-state index is 10.8. The Bertz CT molecular complexity index is 299. The van der Waals surface area contributed by atoms with Gasteiger partial charge < -0.3 is 0 Å². The third-order valence-corrected chi connectivity index (χ3v) is 1.49. The number of anilines is 1. The average Bonchev–Trinajstić information content (AvgIpc) is 2.52. The fraction of sp³-hybridized carbons (Fsp3) is 0.500. The minimum atomic E-state index is -0.330. The number of aromatic nitrogens is 2. The maximum absolute atomic E-state index is 10.8. The summed E-state index contributed by atoms with van der Waals surface area (Å²) >= 11 is 5.28. The summed E-state index contributed by atoms with van der Waals surface area (Å²) in [5, 5.41) is 7.71. The summed E-state index contributed by atoms with van der Waals surface area (Å²) < 4.78 is 4.78. The van der Waals surface area contributed by atoms with Crippen molar-refractivity contribution >= 4 is 23.4 Å². The first-order valence-corrected chi connectivity index (χ1v) is 4.09. The van der Waals surface area contributed by atoms with Gasteiger partial charge in [0, 0.05) is 0 Å². The molecule has 0 radical (unpaired) electrons. The van der Waals surface area contributed by atoms with Gasteiger partial charge in [0.1, 0.15) is 5.88 Å². The van der Waals surface area contributed by atoms with Crippen molar-refractivity contribution in [1.82, 2.24) is 5.27 Å². The summed E-state index contributed by atoms with van der Waals surface area (Å²) in [4.78, 5) is 12.2. The van der Waals surface area contributed by atoms with Gasteiger partial charge in [0.2, 0.25) is 11.2 Å². The molecule has 0 spiro atoms. The summed E-state index contributed by atoms with van der Waals surface area (Å²) in [5.74, 6) is -0.175. The van der Waals surface area contributed by atoms with E-state index in [4.69, 9.17) is 16.1 Å². The van der Waals surface area contributed by atoms with Crippen molar-refractivity contribution in [2.24, 2.45) is 0 Å². The Hall–Kier alpha value is -1.30. The molecule has 0 aliphatic heterocycles. The van der Waals surface area contributed by atoms with Crippen LogP contribution in [0.2, 0.25) is 0 Å². The van der Waals surface area contributed by atoms with Gasteiger partial charge in [0.15, 0.2) is 0 Å². The van der Waals surface area contributed by atoms with E-state index < -0.39 is 0 Å². The van der Waals surface area contributed by atoms with Crippen LogP contribution in [0, 0.1) is 0 Å². The molecule has 1 rings (SSSR count). The van der Waals surface area contributed by atoms with E-state index in [2.05, 4.69) is 10.6 Å². The number of nitrogens with zero attached hydrogens (tertiary/aromatic N) is 3. The van der Waals surface area contributed by atoms with E-state index in [0.29, 0.717) is 0 Å². The summed E-state index contributed by atoms with van der Waals surface area (Å²) in [6, 6.07) is 0. The molecular formula is C6H10ClN4O2+. The lowest BCUT2D eigenvalue weighted by atomic mass is 10.6. The van der Waals surface area contributed by atoms with E-state index >= 15 is 0 Å². The molecule has 0 aliphatic rings. The Morgan fingerprint density at radius 1 is 1.85 bits per heavy atom. The van der Waals surface area contributed by atoms with E-state index in [0.717, 1.165) is 0 Å². The van der Waals surface area contributed by atoms with Crippen molar-refractivity contribution in [2.75, 3.05) is 30.3 Å². The topological polar surface area (TPSA) is 62.2 Å². The fourth-order valence-corrected chi connectivity index (χ4v) is 0.719. The SMILES string of the molecule is CN(C)[n+]1cc(NC(=O)CCl)on1. The number of alkyl halides is 1. The zero-order valence-electron chi connectivity index (χ0n) is 7.32. The van der Waals surface area contributed by atoms with Gasteiger partial charge >= 0.3 is 5.88 Å². The van der Waals surface area contributed by atoms with E-state index in [1.165, 1.54) is 11.0 Å². The molecular weight excluding hydrogens is 196 g/mol. The van der Waals surface area contributed by atoms with Crippen LogP contribution in [-0.2, 0) is 4.79 Å². The Morgan fingerprint density at radius 3 is 3.00 bits per heavy atom. The van der Waals surface area contributed by atoms with Crippen molar-refractivity contribution in [1.29, 1.82) is 0 Å². The third kappa shape index (κ3) is 2.59. The first kappa shape index (κ1) is 9.79. The summed E-state index contributed by atoms with van der Waals surface area (Å²) in [5.41, 5.74) is 0. The molecule has 7 heteroatoms. The molecule has 0 unspecified atom stereocenters. The summed E-state index contributed by atoms with van der Waals surface area (Å²) in [7, 11) is 3.57. The highest BCUT2D eigenvalue weighted by Gasteiger charge is 2.14. The normalized spacial score (nSPS) is 9.77. The molecule has 1 amide bonds. The predicted octanol–water partition coefficient (Wildman–Crippen LogP) is -0.663. The third-order valence-electron chi connectivity index (χ3n) is 1.25. The standard InChI is InChI=1S/C6H9ClN4O2/c1-10(2)11-4-6(13-9-11)8-5(12)3-7/h4H,3H2,1-2H3/p+1. The summed E-state index contributed by atoms with van der Waals surface area (Å²) in [6.45, 7) is 0. The van der Waals surface area contributed by atoms with Crippen molar-refractivity contribution in [3.63, 3.8) is 0 Å². The largest absolute Gasteiger partial charge is 0.305 e. The number of rotatable bonds is 3. The zero-order valence-corrected chi connectivity index (χ0v) is 8.08. The van der Waals surface area contributed by atoms with Crippen LogP contribution >= 0.6 is 11.6 Å². The molecule has 1 N–H and O–H groups in total. The highest BCUT2D eigenvalue weighted by molar-refractivity contribution is 6.28. The lowest BCUT2D eigenvalue weighted by Crippen LogP contribution is -2.53. The zero-order chi connectivity index (χ0) is 9.84. The van der Waals surface area contributed by atoms with Crippen LogP contribution in [0.5, 0.6) is 0 Å². The maximum Gasteiger partial charge on any atom is 0.305 e. The van der Waals surface area contributed by atoms with Crippen molar-refractivity contribution in [3.8, 4) is 0 Å². The first-order valence-electron chi connectivity index (χ1n) is 3.55. The van der Waals surface area contributed by atoms with Gasteiger partial charge in [-0.1, -0.05) is 0 Å². The molecule has 1 aromatic rings. The Morgan fingerprint density at radius 2 is 2.54 bits per heavy atom. The molecule has 0 atom stereocenters. The molecule has 0 saturated heterocycles. The van der Waals surface area contributed by atoms with Crippen molar-refractivity contribution in [2.45, 2.75) is 0 Å². The van der Waals surface area contributed by atoms with Crippen molar-refractivity contribution < 1.29 is 14.1 Å². The van der Waals surface area contributed by atoms with Crippen LogP contribution in [0.25, 0.3) is 0 Å². The fourth-order valence-electron chi connectivity index (χ4n) is 0.652. The van der Waals surface area contributed by atoms with Gasteiger partial charge in [0.25, 0.3) is 6.20 Å². The molecule has 13 heavy (non-hydrogen) atoms. The summed E-state index contributed by atoms with van der Waals surface area (Å²) in [6.07, 6.45) is 1.53. The number of carbonyl (C=O) groups is 1. The van der Waals surface area contributed by atoms with Crippen LogP contribution in [0.3, 0.4) is 0 Å². The predicted molar refractivity (Wildman–Crippen MR) is 46.1 cm³/mol. The van der Waals surface area contributed by atoms with E-state index in [9.17, 15) is 4.79 Å². The number of halogens is 1. The van der Waals surface area contributed by atoms with Gasteiger partial charge in [-0.3, -0.25) is 14.6 Å². The van der Waals surface area contributed by atoms with Crippen molar-refractivity contribution in [3.05, 3.63) is 6.20 Å². The molecule has 0 aliphatic carbocycles. The molecule has 72 valence electrons. The second kappa shape index (κ2) is 4.08. The average molecular weight is 206 g/mol. The number of hydrogen-bond donors (Lipinski definition) is 1. The second-order valence-electron chi connectivity index (χ2n) is 2.52. The number of nitrogens with one attached hydrogen (secondary N) is 1.